The molecule has 2 rings (SSSR count). The average molecular weight is 268 g/mol. The second-order valence-electron chi connectivity index (χ2n) is 2.62. The Morgan fingerprint density at radius 1 is 1.33 bits per heavy atom. The van der Waals surface area contributed by atoms with Crippen LogP contribution < -0.4 is 5.32 Å². The van der Waals surface area contributed by atoms with Crippen molar-refractivity contribution in [3.63, 3.8) is 0 Å². The molecule has 0 saturated heterocycles. The standard InChI is InChI=1S/C8H6BrN5O/c9-6-4-12-5(3-13-6)7(15)14-8-10-1-2-11-8/h1-4H,(H2,10,11,14,15). The van der Waals surface area contributed by atoms with Crippen molar-refractivity contribution in [2.75, 3.05) is 5.32 Å². The number of carbonyl (C=O) groups excluding carboxylic acids is 1. The first-order valence-electron chi connectivity index (χ1n) is 4.04. The molecule has 2 aromatic rings. The maximum atomic E-state index is 11.5. The molecule has 0 atom stereocenters. The van der Waals surface area contributed by atoms with Crippen molar-refractivity contribution in [2.45, 2.75) is 0 Å². The van der Waals surface area contributed by atoms with Crippen LogP contribution in [0.2, 0.25) is 0 Å². The number of rotatable bonds is 2. The number of halogens is 1. The Labute approximate surface area is 93.3 Å². The Morgan fingerprint density at radius 3 is 2.80 bits per heavy atom. The number of imidazole rings is 1. The zero-order valence-corrected chi connectivity index (χ0v) is 9.02. The van der Waals surface area contributed by atoms with Crippen LogP contribution in [0, 0.1) is 0 Å². The van der Waals surface area contributed by atoms with E-state index in [1.165, 1.54) is 12.4 Å². The van der Waals surface area contributed by atoms with Gasteiger partial charge in [-0.2, -0.15) is 0 Å². The van der Waals surface area contributed by atoms with Crippen molar-refractivity contribution in [1.29, 1.82) is 0 Å². The minimum Gasteiger partial charge on any atom is -0.331 e. The molecule has 0 fully saturated rings. The Balaban J connectivity index is 2.11. The van der Waals surface area contributed by atoms with E-state index in [0.29, 0.717) is 10.6 Å². The van der Waals surface area contributed by atoms with Gasteiger partial charge in [-0.15, -0.1) is 0 Å². The number of nitrogens with zero attached hydrogens (tertiary/aromatic N) is 3. The van der Waals surface area contributed by atoms with Crippen molar-refractivity contribution < 1.29 is 4.79 Å². The molecule has 2 aromatic heterocycles. The Kier molecular flexibility index (Phi) is 2.72. The van der Waals surface area contributed by atoms with E-state index in [1.54, 1.807) is 12.4 Å². The number of aromatic nitrogens is 4. The lowest BCUT2D eigenvalue weighted by molar-refractivity contribution is 0.102. The second-order valence-corrected chi connectivity index (χ2v) is 3.43. The number of hydrogen-bond donors (Lipinski definition) is 2. The molecule has 76 valence electrons. The maximum Gasteiger partial charge on any atom is 0.278 e. The zero-order valence-electron chi connectivity index (χ0n) is 7.44. The summed E-state index contributed by atoms with van der Waals surface area (Å²) in [4.78, 5) is 25.9. The van der Waals surface area contributed by atoms with Crippen molar-refractivity contribution in [2.24, 2.45) is 0 Å². The van der Waals surface area contributed by atoms with Crippen molar-refractivity contribution in [3.05, 3.63) is 35.1 Å². The monoisotopic (exact) mass is 267 g/mol. The van der Waals surface area contributed by atoms with E-state index in [1.807, 2.05) is 0 Å². The third-order valence-electron chi connectivity index (χ3n) is 1.58. The molecule has 0 aromatic carbocycles. The average Bonchev–Trinajstić information content (AvgIpc) is 2.71. The molecule has 0 bridgehead atoms. The highest BCUT2D eigenvalue weighted by molar-refractivity contribution is 9.10. The molecule has 0 aliphatic heterocycles. The van der Waals surface area contributed by atoms with Gasteiger partial charge in [0.1, 0.15) is 10.3 Å². The van der Waals surface area contributed by atoms with E-state index in [4.69, 9.17) is 0 Å². The van der Waals surface area contributed by atoms with Gasteiger partial charge in [-0.3, -0.25) is 10.1 Å². The first kappa shape index (κ1) is 9.78. The van der Waals surface area contributed by atoms with Crippen LogP contribution in [0.3, 0.4) is 0 Å². The van der Waals surface area contributed by atoms with Crippen LogP contribution in [0.15, 0.2) is 29.4 Å². The Morgan fingerprint density at radius 2 is 2.20 bits per heavy atom. The van der Waals surface area contributed by atoms with Crippen LogP contribution in [-0.4, -0.2) is 25.8 Å². The van der Waals surface area contributed by atoms with Gasteiger partial charge in [-0.05, 0) is 15.9 Å². The Hall–Kier alpha value is -1.76. The largest absolute Gasteiger partial charge is 0.331 e. The fourth-order valence-electron chi connectivity index (χ4n) is 0.935. The van der Waals surface area contributed by atoms with E-state index in [0.717, 1.165) is 0 Å². The van der Waals surface area contributed by atoms with Gasteiger partial charge >= 0.3 is 0 Å². The minimum absolute atomic E-state index is 0.231. The van der Waals surface area contributed by atoms with E-state index in [9.17, 15) is 4.79 Å². The van der Waals surface area contributed by atoms with Gasteiger partial charge in [0.25, 0.3) is 5.91 Å². The van der Waals surface area contributed by atoms with Crippen LogP contribution in [0.25, 0.3) is 0 Å². The van der Waals surface area contributed by atoms with Crippen LogP contribution in [0.1, 0.15) is 10.5 Å². The fourth-order valence-corrected chi connectivity index (χ4v) is 1.14. The summed E-state index contributed by atoms with van der Waals surface area (Å²) in [6.07, 6.45) is 5.99. The lowest BCUT2D eigenvalue weighted by atomic mass is 10.4. The van der Waals surface area contributed by atoms with Crippen molar-refractivity contribution >= 4 is 27.8 Å². The molecule has 0 aliphatic rings. The maximum absolute atomic E-state index is 11.5. The zero-order chi connectivity index (χ0) is 10.7. The van der Waals surface area contributed by atoms with Crippen molar-refractivity contribution in [1.82, 2.24) is 19.9 Å². The lowest BCUT2D eigenvalue weighted by Gasteiger charge is -1.99. The first-order chi connectivity index (χ1) is 7.25. The highest BCUT2D eigenvalue weighted by Gasteiger charge is 2.08. The molecular weight excluding hydrogens is 262 g/mol. The van der Waals surface area contributed by atoms with Crippen LogP contribution in [0.5, 0.6) is 0 Å². The highest BCUT2D eigenvalue weighted by Crippen LogP contribution is 2.04. The number of aromatic amines is 1. The molecule has 6 nitrogen and oxygen atoms in total. The summed E-state index contributed by atoms with van der Waals surface area (Å²) in [6.45, 7) is 0. The predicted molar refractivity (Wildman–Crippen MR) is 56.3 cm³/mol. The van der Waals surface area contributed by atoms with Crippen LogP contribution in [0.4, 0.5) is 5.95 Å². The van der Waals surface area contributed by atoms with Gasteiger partial charge in [0.15, 0.2) is 0 Å². The van der Waals surface area contributed by atoms with Gasteiger partial charge < -0.3 is 4.98 Å². The second kappa shape index (κ2) is 4.18. The molecule has 0 aliphatic carbocycles. The third-order valence-corrected chi connectivity index (χ3v) is 1.99. The predicted octanol–water partition coefficient (Wildman–Crippen LogP) is 1.21. The molecule has 2 N–H and O–H groups in total. The van der Waals surface area contributed by atoms with Gasteiger partial charge in [0, 0.05) is 12.4 Å². The molecule has 1 amide bonds. The van der Waals surface area contributed by atoms with Gasteiger partial charge in [-0.25, -0.2) is 15.0 Å². The quantitative estimate of drug-likeness (QED) is 0.857. The summed E-state index contributed by atoms with van der Waals surface area (Å²) in [5.41, 5.74) is 0.231. The molecule has 0 saturated carbocycles. The number of carbonyl (C=O) groups is 1. The molecular formula is C8H6BrN5O. The van der Waals surface area contributed by atoms with E-state index < -0.39 is 0 Å². The number of amides is 1. The number of nitrogens with one attached hydrogen (secondary N) is 2. The van der Waals surface area contributed by atoms with Crippen LogP contribution >= 0.6 is 15.9 Å². The molecule has 2 heterocycles. The van der Waals surface area contributed by atoms with Gasteiger partial charge in [0.05, 0.1) is 12.4 Å². The third kappa shape index (κ3) is 2.38. The highest BCUT2D eigenvalue weighted by atomic mass is 79.9. The molecule has 15 heavy (non-hydrogen) atoms. The Bertz CT molecular complexity index is 452. The SMILES string of the molecule is O=C(Nc1ncc[nH]1)c1cnc(Br)cn1. The van der Waals surface area contributed by atoms with E-state index in [-0.39, 0.29) is 11.6 Å². The molecule has 0 spiro atoms. The summed E-state index contributed by atoms with van der Waals surface area (Å²) < 4.78 is 0.581. The molecule has 7 heteroatoms. The summed E-state index contributed by atoms with van der Waals surface area (Å²) in [5, 5.41) is 2.53. The summed E-state index contributed by atoms with van der Waals surface area (Å²) in [5.74, 6) is 0.0228. The first-order valence-corrected chi connectivity index (χ1v) is 4.83. The summed E-state index contributed by atoms with van der Waals surface area (Å²) in [6, 6.07) is 0. The summed E-state index contributed by atoms with van der Waals surface area (Å²) in [7, 11) is 0. The van der Waals surface area contributed by atoms with Gasteiger partial charge in [0.2, 0.25) is 5.95 Å². The lowest BCUT2D eigenvalue weighted by Crippen LogP contribution is -2.14. The van der Waals surface area contributed by atoms with E-state index in [2.05, 4.69) is 41.2 Å². The van der Waals surface area contributed by atoms with Crippen LogP contribution in [-0.2, 0) is 0 Å². The smallest absolute Gasteiger partial charge is 0.278 e. The molecule has 0 radical (unpaired) electrons. The normalized spacial score (nSPS) is 9.93. The van der Waals surface area contributed by atoms with E-state index >= 15 is 0 Å². The molecule has 0 unspecified atom stereocenters. The van der Waals surface area contributed by atoms with Crippen molar-refractivity contribution in [3.8, 4) is 0 Å². The topological polar surface area (TPSA) is 83.6 Å². The number of anilines is 1. The minimum atomic E-state index is -0.357. The van der Waals surface area contributed by atoms with Gasteiger partial charge in [-0.1, -0.05) is 0 Å². The number of H-pyrrole nitrogens is 1. The summed E-state index contributed by atoms with van der Waals surface area (Å²) >= 11 is 3.13. The number of hydrogen-bond acceptors (Lipinski definition) is 4. The fraction of sp³-hybridized carbons (Fsp3) is 0.